The standard InChI is InChI=1S/C17H13Cl2NO2/c18-14-6-5-11(9-15(14)19)17(21)20-8-7-12-10-22-16-4-2-1-3-13(12)16/h1-6,9-10H,7-8H2,(H,20,21). The van der Waals surface area contributed by atoms with E-state index < -0.39 is 0 Å². The summed E-state index contributed by atoms with van der Waals surface area (Å²) in [4.78, 5) is 12.1. The largest absolute Gasteiger partial charge is 0.464 e. The summed E-state index contributed by atoms with van der Waals surface area (Å²) in [5.74, 6) is -0.175. The molecule has 5 heteroatoms. The Morgan fingerprint density at radius 2 is 1.91 bits per heavy atom. The number of nitrogens with one attached hydrogen (secondary N) is 1. The molecule has 0 fully saturated rings. The van der Waals surface area contributed by atoms with Crippen LogP contribution in [0.25, 0.3) is 11.0 Å². The van der Waals surface area contributed by atoms with Crippen molar-refractivity contribution in [2.24, 2.45) is 0 Å². The quantitative estimate of drug-likeness (QED) is 0.751. The first-order valence-electron chi connectivity index (χ1n) is 6.83. The first kappa shape index (κ1) is 14.9. The lowest BCUT2D eigenvalue weighted by atomic mass is 10.1. The van der Waals surface area contributed by atoms with Crippen LogP contribution in [0.2, 0.25) is 10.0 Å². The second-order valence-electron chi connectivity index (χ2n) is 4.89. The van der Waals surface area contributed by atoms with Crippen LogP contribution >= 0.6 is 23.2 Å². The number of amides is 1. The van der Waals surface area contributed by atoms with Crippen LogP contribution < -0.4 is 5.32 Å². The highest BCUT2D eigenvalue weighted by Gasteiger charge is 2.09. The average Bonchev–Trinajstić information content (AvgIpc) is 2.93. The van der Waals surface area contributed by atoms with Gasteiger partial charge < -0.3 is 9.73 Å². The Morgan fingerprint density at radius 1 is 1.09 bits per heavy atom. The van der Waals surface area contributed by atoms with E-state index in [2.05, 4.69) is 5.32 Å². The third-order valence-electron chi connectivity index (χ3n) is 3.42. The van der Waals surface area contributed by atoms with Gasteiger partial charge in [0, 0.05) is 17.5 Å². The number of rotatable bonds is 4. The van der Waals surface area contributed by atoms with E-state index in [4.69, 9.17) is 27.6 Å². The van der Waals surface area contributed by atoms with Crippen molar-refractivity contribution < 1.29 is 9.21 Å². The summed E-state index contributed by atoms with van der Waals surface area (Å²) >= 11 is 11.8. The molecular weight excluding hydrogens is 321 g/mol. The molecule has 1 amide bonds. The maximum Gasteiger partial charge on any atom is 0.251 e. The van der Waals surface area contributed by atoms with Crippen molar-refractivity contribution in [3.05, 3.63) is 69.9 Å². The fourth-order valence-corrected chi connectivity index (χ4v) is 2.57. The summed E-state index contributed by atoms with van der Waals surface area (Å²) < 4.78 is 5.48. The van der Waals surface area contributed by atoms with Gasteiger partial charge in [-0.25, -0.2) is 0 Å². The molecule has 0 saturated heterocycles. The van der Waals surface area contributed by atoms with Crippen LogP contribution in [0.15, 0.2) is 53.1 Å². The van der Waals surface area contributed by atoms with E-state index in [1.165, 1.54) is 0 Å². The fourth-order valence-electron chi connectivity index (χ4n) is 2.28. The lowest BCUT2D eigenvalue weighted by molar-refractivity contribution is 0.0954. The zero-order chi connectivity index (χ0) is 15.5. The lowest BCUT2D eigenvalue weighted by Gasteiger charge is -2.05. The smallest absolute Gasteiger partial charge is 0.251 e. The molecule has 0 atom stereocenters. The molecule has 22 heavy (non-hydrogen) atoms. The second-order valence-corrected chi connectivity index (χ2v) is 5.71. The van der Waals surface area contributed by atoms with Gasteiger partial charge in [0.25, 0.3) is 5.91 Å². The Balaban J connectivity index is 1.63. The Bertz CT molecular complexity index is 826. The van der Waals surface area contributed by atoms with Crippen molar-refractivity contribution >= 4 is 40.1 Å². The minimum atomic E-state index is -0.175. The average molecular weight is 334 g/mol. The highest BCUT2D eigenvalue weighted by atomic mass is 35.5. The van der Waals surface area contributed by atoms with Crippen LogP contribution in [0.1, 0.15) is 15.9 Å². The molecule has 3 rings (SSSR count). The van der Waals surface area contributed by atoms with E-state index in [1.54, 1.807) is 24.5 Å². The summed E-state index contributed by atoms with van der Waals surface area (Å²) in [6.07, 6.45) is 2.43. The maximum absolute atomic E-state index is 12.1. The van der Waals surface area contributed by atoms with E-state index in [0.717, 1.165) is 16.5 Å². The van der Waals surface area contributed by atoms with E-state index >= 15 is 0 Å². The van der Waals surface area contributed by atoms with Crippen molar-refractivity contribution in [1.29, 1.82) is 0 Å². The van der Waals surface area contributed by atoms with Crippen LogP contribution in [0.3, 0.4) is 0 Å². The van der Waals surface area contributed by atoms with E-state index in [0.29, 0.717) is 28.6 Å². The van der Waals surface area contributed by atoms with Crippen molar-refractivity contribution in [2.75, 3.05) is 6.54 Å². The molecular formula is C17H13Cl2NO2. The number of hydrogen-bond acceptors (Lipinski definition) is 2. The minimum absolute atomic E-state index is 0.175. The number of para-hydroxylation sites is 1. The van der Waals surface area contributed by atoms with Crippen molar-refractivity contribution in [3.8, 4) is 0 Å². The van der Waals surface area contributed by atoms with Gasteiger partial charge in [0.1, 0.15) is 5.58 Å². The molecule has 0 aliphatic heterocycles. The Kier molecular flexibility index (Phi) is 4.36. The zero-order valence-corrected chi connectivity index (χ0v) is 13.1. The molecule has 0 radical (unpaired) electrons. The third kappa shape index (κ3) is 3.11. The summed E-state index contributed by atoms with van der Waals surface area (Å²) in [5.41, 5.74) is 2.42. The summed E-state index contributed by atoms with van der Waals surface area (Å²) in [7, 11) is 0. The van der Waals surface area contributed by atoms with Crippen LogP contribution in [-0.4, -0.2) is 12.5 Å². The Labute approximate surface area is 137 Å². The fraction of sp³-hybridized carbons (Fsp3) is 0.118. The molecule has 0 aliphatic rings. The first-order valence-corrected chi connectivity index (χ1v) is 7.59. The van der Waals surface area contributed by atoms with E-state index in [-0.39, 0.29) is 5.91 Å². The van der Waals surface area contributed by atoms with Crippen molar-refractivity contribution in [2.45, 2.75) is 6.42 Å². The molecule has 3 nitrogen and oxygen atoms in total. The van der Waals surface area contributed by atoms with Gasteiger partial charge in [0.2, 0.25) is 0 Å². The molecule has 2 aromatic carbocycles. The van der Waals surface area contributed by atoms with Gasteiger partial charge in [-0.15, -0.1) is 0 Å². The number of fused-ring (bicyclic) bond motifs is 1. The van der Waals surface area contributed by atoms with Gasteiger partial charge in [0.15, 0.2) is 0 Å². The van der Waals surface area contributed by atoms with Crippen molar-refractivity contribution in [3.63, 3.8) is 0 Å². The molecule has 1 N–H and O–H groups in total. The van der Waals surface area contributed by atoms with Crippen LogP contribution in [0, 0.1) is 0 Å². The molecule has 0 unspecified atom stereocenters. The number of carbonyl (C=O) groups excluding carboxylic acids is 1. The van der Waals surface area contributed by atoms with E-state index in [1.807, 2.05) is 24.3 Å². The Hall–Kier alpha value is -1.97. The molecule has 1 heterocycles. The van der Waals surface area contributed by atoms with Gasteiger partial charge in [-0.1, -0.05) is 41.4 Å². The number of furan rings is 1. The van der Waals surface area contributed by atoms with Gasteiger partial charge >= 0.3 is 0 Å². The topological polar surface area (TPSA) is 42.2 Å². The number of hydrogen-bond donors (Lipinski definition) is 1. The molecule has 0 saturated carbocycles. The summed E-state index contributed by atoms with van der Waals surface area (Å²) in [6.45, 7) is 0.516. The summed E-state index contributed by atoms with van der Waals surface area (Å²) in [6, 6.07) is 12.7. The highest BCUT2D eigenvalue weighted by Crippen LogP contribution is 2.23. The van der Waals surface area contributed by atoms with Crippen LogP contribution in [-0.2, 0) is 6.42 Å². The monoisotopic (exact) mass is 333 g/mol. The first-order chi connectivity index (χ1) is 10.6. The van der Waals surface area contributed by atoms with Gasteiger partial charge in [-0.05, 0) is 36.2 Å². The van der Waals surface area contributed by atoms with E-state index in [9.17, 15) is 4.79 Å². The predicted octanol–water partition coefficient (Wildman–Crippen LogP) is 4.71. The summed E-state index contributed by atoms with van der Waals surface area (Å²) in [5, 5.41) is 4.75. The molecule has 0 aliphatic carbocycles. The molecule has 0 bridgehead atoms. The van der Waals surface area contributed by atoms with Gasteiger partial charge in [0.05, 0.1) is 16.3 Å². The van der Waals surface area contributed by atoms with Crippen LogP contribution in [0.4, 0.5) is 0 Å². The highest BCUT2D eigenvalue weighted by molar-refractivity contribution is 6.42. The van der Waals surface area contributed by atoms with Gasteiger partial charge in [-0.2, -0.15) is 0 Å². The van der Waals surface area contributed by atoms with Crippen molar-refractivity contribution in [1.82, 2.24) is 5.32 Å². The maximum atomic E-state index is 12.1. The third-order valence-corrected chi connectivity index (χ3v) is 4.16. The lowest BCUT2D eigenvalue weighted by Crippen LogP contribution is -2.25. The normalized spacial score (nSPS) is 10.8. The molecule has 112 valence electrons. The zero-order valence-electron chi connectivity index (χ0n) is 11.6. The Morgan fingerprint density at radius 3 is 2.73 bits per heavy atom. The predicted molar refractivity (Wildman–Crippen MR) is 88.7 cm³/mol. The molecule has 0 spiro atoms. The number of halogens is 2. The molecule has 1 aromatic heterocycles. The van der Waals surface area contributed by atoms with Gasteiger partial charge in [-0.3, -0.25) is 4.79 Å². The number of carbonyl (C=O) groups is 1. The van der Waals surface area contributed by atoms with Crippen LogP contribution in [0.5, 0.6) is 0 Å². The number of benzene rings is 2. The molecule has 3 aromatic rings. The second kappa shape index (κ2) is 6.42. The minimum Gasteiger partial charge on any atom is -0.464 e. The SMILES string of the molecule is O=C(NCCc1coc2ccccc12)c1ccc(Cl)c(Cl)c1.